The van der Waals surface area contributed by atoms with E-state index in [9.17, 15) is 4.39 Å². The maximum Gasteiger partial charge on any atom is 0.191 e. The SMILES string of the molecule is CCNC(=NCC(OC)c1ccc(F)cc1)NCCCn1cccn1.I. The van der Waals surface area contributed by atoms with Crippen LogP contribution in [0.3, 0.4) is 0 Å². The van der Waals surface area contributed by atoms with Gasteiger partial charge in [-0.2, -0.15) is 5.10 Å². The molecule has 26 heavy (non-hydrogen) atoms. The Labute approximate surface area is 171 Å². The second-order valence-electron chi connectivity index (χ2n) is 5.54. The molecule has 8 heteroatoms. The summed E-state index contributed by atoms with van der Waals surface area (Å²) >= 11 is 0. The number of hydrogen-bond donors (Lipinski definition) is 2. The number of guanidine groups is 1. The Morgan fingerprint density at radius 3 is 2.69 bits per heavy atom. The van der Waals surface area contributed by atoms with Gasteiger partial charge in [-0.05, 0) is 37.1 Å². The molecule has 1 heterocycles. The number of nitrogens with one attached hydrogen (secondary N) is 2. The summed E-state index contributed by atoms with van der Waals surface area (Å²) in [5.74, 6) is 0.487. The summed E-state index contributed by atoms with van der Waals surface area (Å²) in [7, 11) is 1.63. The fourth-order valence-corrected chi connectivity index (χ4v) is 2.39. The minimum Gasteiger partial charge on any atom is -0.375 e. The van der Waals surface area contributed by atoms with Crippen molar-refractivity contribution in [2.24, 2.45) is 4.99 Å². The van der Waals surface area contributed by atoms with Gasteiger partial charge in [-0.1, -0.05) is 12.1 Å². The molecule has 0 saturated heterocycles. The molecule has 6 nitrogen and oxygen atoms in total. The summed E-state index contributed by atoms with van der Waals surface area (Å²) in [5.41, 5.74) is 0.905. The molecule has 0 fully saturated rings. The molecule has 2 N–H and O–H groups in total. The van der Waals surface area contributed by atoms with Crippen molar-refractivity contribution in [2.75, 3.05) is 26.7 Å². The van der Waals surface area contributed by atoms with Crippen LogP contribution in [-0.2, 0) is 11.3 Å². The van der Waals surface area contributed by atoms with Crippen LogP contribution in [-0.4, -0.2) is 42.5 Å². The third-order valence-corrected chi connectivity index (χ3v) is 3.70. The minimum atomic E-state index is -0.255. The largest absolute Gasteiger partial charge is 0.375 e. The molecule has 2 aromatic rings. The molecule has 1 unspecified atom stereocenters. The maximum absolute atomic E-state index is 13.0. The first-order chi connectivity index (χ1) is 12.2. The van der Waals surface area contributed by atoms with Gasteiger partial charge >= 0.3 is 0 Å². The molecule has 1 aromatic carbocycles. The summed E-state index contributed by atoms with van der Waals surface area (Å²) in [6.07, 6.45) is 4.46. The Morgan fingerprint density at radius 1 is 1.31 bits per heavy atom. The van der Waals surface area contributed by atoms with Crippen LogP contribution in [0, 0.1) is 5.82 Å². The molecule has 0 bridgehead atoms. The van der Waals surface area contributed by atoms with Gasteiger partial charge in [0.05, 0.1) is 6.54 Å². The Morgan fingerprint density at radius 2 is 2.08 bits per heavy atom. The zero-order valence-corrected chi connectivity index (χ0v) is 17.5. The van der Waals surface area contributed by atoms with Gasteiger partial charge in [0, 0.05) is 39.1 Å². The number of nitrogens with zero attached hydrogens (tertiary/aromatic N) is 3. The summed E-state index contributed by atoms with van der Waals surface area (Å²) in [6.45, 7) is 4.90. The van der Waals surface area contributed by atoms with Gasteiger partial charge in [0.15, 0.2) is 5.96 Å². The minimum absolute atomic E-state index is 0. The van der Waals surface area contributed by atoms with Crippen LogP contribution < -0.4 is 10.6 Å². The van der Waals surface area contributed by atoms with Gasteiger partial charge in [0.25, 0.3) is 0 Å². The van der Waals surface area contributed by atoms with E-state index in [0.29, 0.717) is 6.54 Å². The topological polar surface area (TPSA) is 63.5 Å². The number of aromatic nitrogens is 2. The lowest BCUT2D eigenvalue weighted by molar-refractivity contribution is 0.111. The third kappa shape index (κ3) is 7.69. The fourth-order valence-electron chi connectivity index (χ4n) is 2.39. The molecule has 0 aliphatic carbocycles. The van der Waals surface area contributed by atoms with Crippen molar-refractivity contribution in [1.82, 2.24) is 20.4 Å². The van der Waals surface area contributed by atoms with E-state index in [2.05, 4.69) is 20.7 Å². The van der Waals surface area contributed by atoms with E-state index in [0.717, 1.165) is 37.6 Å². The summed E-state index contributed by atoms with van der Waals surface area (Å²) in [4.78, 5) is 4.57. The molecule has 1 atom stereocenters. The van der Waals surface area contributed by atoms with Crippen molar-refractivity contribution in [1.29, 1.82) is 0 Å². The monoisotopic (exact) mass is 475 g/mol. The van der Waals surface area contributed by atoms with E-state index in [1.54, 1.807) is 25.4 Å². The van der Waals surface area contributed by atoms with Crippen LogP contribution in [0.15, 0.2) is 47.7 Å². The zero-order valence-electron chi connectivity index (χ0n) is 15.2. The molecule has 0 aliphatic heterocycles. The van der Waals surface area contributed by atoms with Crippen molar-refractivity contribution >= 4 is 29.9 Å². The maximum atomic E-state index is 13.0. The van der Waals surface area contributed by atoms with Crippen LogP contribution in [0.25, 0.3) is 0 Å². The molecule has 0 spiro atoms. The number of ether oxygens (including phenoxy) is 1. The highest BCUT2D eigenvalue weighted by molar-refractivity contribution is 14.0. The average molecular weight is 475 g/mol. The molecule has 144 valence electrons. The van der Waals surface area contributed by atoms with Crippen molar-refractivity contribution < 1.29 is 9.13 Å². The normalized spacial score (nSPS) is 12.3. The number of methoxy groups -OCH3 is 1. The van der Waals surface area contributed by atoms with E-state index in [4.69, 9.17) is 4.74 Å². The van der Waals surface area contributed by atoms with E-state index in [1.165, 1.54) is 12.1 Å². The molecular formula is C18H27FIN5O. The quantitative estimate of drug-likeness (QED) is 0.254. The summed E-state index contributed by atoms with van der Waals surface area (Å²) in [6, 6.07) is 8.24. The lowest BCUT2D eigenvalue weighted by atomic mass is 10.1. The summed E-state index contributed by atoms with van der Waals surface area (Å²) in [5, 5.41) is 10.7. The molecule has 0 amide bonds. The van der Waals surface area contributed by atoms with Crippen LogP contribution >= 0.6 is 24.0 Å². The first-order valence-corrected chi connectivity index (χ1v) is 8.50. The lowest BCUT2D eigenvalue weighted by Gasteiger charge is -2.16. The van der Waals surface area contributed by atoms with Crippen LogP contribution in [0.4, 0.5) is 4.39 Å². The number of rotatable bonds is 9. The predicted molar refractivity (Wildman–Crippen MR) is 112 cm³/mol. The van der Waals surface area contributed by atoms with E-state index < -0.39 is 0 Å². The molecule has 2 rings (SSSR count). The fraction of sp³-hybridized carbons (Fsp3) is 0.444. The van der Waals surface area contributed by atoms with E-state index >= 15 is 0 Å². The smallest absolute Gasteiger partial charge is 0.191 e. The lowest BCUT2D eigenvalue weighted by Crippen LogP contribution is -2.38. The van der Waals surface area contributed by atoms with Crippen LogP contribution in [0.2, 0.25) is 0 Å². The van der Waals surface area contributed by atoms with Crippen LogP contribution in [0.1, 0.15) is 25.0 Å². The Bertz CT molecular complexity index is 634. The second-order valence-corrected chi connectivity index (χ2v) is 5.54. The van der Waals surface area contributed by atoms with Crippen molar-refractivity contribution in [2.45, 2.75) is 26.0 Å². The number of aryl methyl sites for hydroxylation is 1. The Hall–Kier alpha value is -1.68. The number of hydrogen-bond acceptors (Lipinski definition) is 3. The number of halogens is 2. The van der Waals surface area contributed by atoms with E-state index in [1.807, 2.05) is 23.9 Å². The van der Waals surface area contributed by atoms with Gasteiger partial charge in [0.2, 0.25) is 0 Å². The number of aliphatic imine (C=N–C) groups is 1. The van der Waals surface area contributed by atoms with Crippen molar-refractivity contribution in [3.05, 3.63) is 54.1 Å². The summed E-state index contributed by atoms with van der Waals surface area (Å²) < 4.78 is 20.4. The van der Waals surface area contributed by atoms with Gasteiger partial charge in [-0.25, -0.2) is 4.39 Å². The highest BCUT2D eigenvalue weighted by Crippen LogP contribution is 2.17. The first kappa shape index (κ1) is 22.4. The number of benzene rings is 1. The highest BCUT2D eigenvalue weighted by Gasteiger charge is 2.10. The molecule has 0 saturated carbocycles. The second kappa shape index (κ2) is 12.6. The molecule has 1 aromatic heterocycles. The predicted octanol–water partition coefficient (Wildman–Crippen LogP) is 2.97. The van der Waals surface area contributed by atoms with Crippen molar-refractivity contribution in [3.63, 3.8) is 0 Å². The van der Waals surface area contributed by atoms with Gasteiger partial charge in [-0.3, -0.25) is 9.67 Å². The van der Waals surface area contributed by atoms with E-state index in [-0.39, 0.29) is 35.9 Å². The Balaban J connectivity index is 0.00000338. The first-order valence-electron chi connectivity index (χ1n) is 8.50. The van der Waals surface area contributed by atoms with Gasteiger partial charge < -0.3 is 15.4 Å². The molecular weight excluding hydrogens is 448 g/mol. The van der Waals surface area contributed by atoms with Crippen LogP contribution in [0.5, 0.6) is 0 Å². The zero-order chi connectivity index (χ0) is 17.9. The molecule has 0 radical (unpaired) electrons. The van der Waals surface area contributed by atoms with Gasteiger partial charge in [-0.15, -0.1) is 24.0 Å². The third-order valence-electron chi connectivity index (χ3n) is 3.70. The Kier molecular flexibility index (Phi) is 10.9. The standard InChI is InChI=1S/C18H26FN5O.HI/c1-3-20-18(21-10-4-12-24-13-5-11-23-24)22-14-17(25-2)15-6-8-16(19)9-7-15;/h5-9,11,13,17H,3-4,10,12,14H2,1-2H3,(H2,20,21,22);1H. The van der Waals surface area contributed by atoms with Crippen molar-refractivity contribution in [3.8, 4) is 0 Å². The average Bonchev–Trinajstić information content (AvgIpc) is 3.14. The highest BCUT2D eigenvalue weighted by atomic mass is 127. The van der Waals surface area contributed by atoms with Gasteiger partial charge in [0.1, 0.15) is 11.9 Å². The molecule has 0 aliphatic rings.